The Labute approximate surface area is 173 Å². The van der Waals surface area contributed by atoms with E-state index in [2.05, 4.69) is 0 Å². The molecule has 28 heavy (non-hydrogen) atoms. The van der Waals surface area contributed by atoms with Crippen LogP contribution in [0.3, 0.4) is 0 Å². The molecule has 2 unspecified atom stereocenters. The summed E-state index contributed by atoms with van der Waals surface area (Å²) >= 11 is 13.1. The summed E-state index contributed by atoms with van der Waals surface area (Å²) in [7, 11) is 0. The molecule has 1 fully saturated rings. The highest BCUT2D eigenvalue weighted by molar-refractivity contribution is 6.42. The Bertz CT molecular complexity index is 907. The summed E-state index contributed by atoms with van der Waals surface area (Å²) in [6.07, 6.45) is 0.263. The lowest BCUT2D eigenvalue weighted by Crippen LogP contribution is -2.43. The van der Waals surface area contributed by atoms with Gasteiger partial charge in [0.05, 0.1) is 11.6 Å². The molecule has 4 rings (SSSR count). The van der Waals surface area contributed by atoms with Crippen molar-refractivity contribution in [2.45, 2.75) is 30.5 Å². The second-order valence-electron chi connectivity index (χ2n) is 7.32. The minimum absolute atomic E-state index is 0.0414. The smallest absolute Gasteiger partial charge is 0.213 e. The standard InChI is InChI=1S/C23H20Cl2F2O/c24-21-19(17-9-5-2-6-10-17)20(26)18(13-15-7-3-1-4-8-15)22(27)23(21,25)28-14-16-11-12-16/h1-10,16,22H,11-14H2. The molecule has 0 spiro atoms. The van der Waals surface area contributed by atoms with E-state index >= 15 is 8.78 Å². The molecule has 0 bridgehead atoms. The first-order valence-corrected chi connectivity index (χ1v) is 10.1. The molecule has 2 atom stereocenters. The Balaban J connectivity index is 1.80. The van der Waals surface area contributed by atoms with Gasteiger partial charge in [-0.2, -0.15) is 0 Å². The van der Waals surface area contributed by atoms with Crippen LogP contribution >= 0.6 is 23.2 Å². The maximum atomic E-state index is 15.6. The Kier molecular flexibility index (Phi) is 5.59. The zero-order valence-corrected chi connectivity index (χ0v) is 16.7. The first-order valence-electron chi connectivity index (χ1n) is 9.36. The monoisotopic (exact) mass is 420 g/mol. The molecule has 2 aromatic carbocycles. The SMILES string of the molecule is FC1=C(Cc2ccccc2)C(F)C(Cl)(OCC2CC2)C(Cl)=C1c1ccccc1. The molecule has 1 saturated carbocycles. The van der Waals surface area contributed by atoms with Crippen LogP contribution in [-0.4, -0.2) is 17.8 Å². The zero-order valence-electron chi connectivity index (χ0n) is 15.2. The summed E-state index contributed by atoms with van der Waals surface area (Å²) < 4.78 is 36.9. The second-order valence-corrected chi connectivity index (χ2v) is 8.26. The number of hydrogen-bond acceptors (Lipinski definition) is 1. The number of rotatable bonds is 6. The van der Waals surface area contributed by atoms with Crippen molar-refractivity contribution in [3.8, 4) is 0 Å². The predicted octanol–water partition coefficient (Wildman–Crippen LogP) is 6.82. The largest absolute Gasteiger partial charge is 0.351 e. The van der Waals surface area contributed by atoms with Gasteiger partial charge in [0.25, 0.3) is 0 Å². The van der Waals surface area contributed by atoms with Crippen LogP contribution in [-0.2, 0) is 11.2 Å². The van der Waals surface area contributed by atoms with Crippen molar-refractivity contribution in [1.29, 1.82) is 0 Å². The average Bonchev–Trinajstić information content (AvgIpc) is 3.55. The molecular formula is C23H20Cl2F2O. The maximum absolute atomic E-state index is 15.6. The molecule has 2 aliphatic rings. The van der Waals surface area contributed by atoms with E-state index in [1.54, 1.807) is 24.3 Å². The molecule has 0 radical (unpaired) electrons. The third-order valence-electron chi connectivity index (χ3n) is 5.18. The average molecular weight is 421 g/mol. The molecule has 0 aliphatic heterocycles. The van der Waals surface area contributed by atoms with Crippen LogP contribution in [0.2, 0.25) is 0 Å². The maximum Gasteiger partial charge on any atom is 0.213 e. The van der Waals surface area contributed by atoms with Gasteiger partial charge in [-0.3, -0.25) is 0 Å². The normalized spacial score (nSPS) is 25.4. The highest BCUT2D eigenvalue weighted by Crippen LogP contribution is 2.51. The molecule has 0 heterocycles. The van der Waals surface area contributed by atoms with Crippen LogP contribution in [0.4, 0.5) is 8.78 Å². The third kappa shape index (κ3) is 3.76. The summed E-state index contributed by atoms with van der Waals surface area (Å²) in [6.45, 7) is 0.308. The molecule has 0 N–H and O–H groups in total. The summed E-state index contributed by atoms with van der Waals surface area (Å²) in [6, 6.07) is 18.0. The van der Waals surface area contributed by atoms with Crippen LogP contribution < -0.4 is 0 Å². The topological polar surface area (TPSA) is 9.23 Å². The van der Waals surface area contributed by atoms with Crippen LogP contribution in [0.5, 0.6) is 0 Å². The van der Waals surface area contributed by atoms with Gasteiger partial charge in [-0.25, -0.2) is 8.78 Å². The van der Waals surface area contributed by atoms with Gasteiger partial charge in [-0.1, -0.05) is 83.9 Å². The van der Waals surface area contributed by atoms with Gasteiger partial charge < -0.3 is 4.74 Å². The first kappa shape index (κ1) is 19.6. The van der Waals surface area contributed by atoms with E-state index in [0.29, 0.717) is 18.1 Å². The Hall–Kier alpha value is -1.68. The predicted molar refractivity (Wildman–Crippen MR) is 110 cm³/mol. The number of benzene rings is 2. The van der Waals surface area contributed by atoms with E-state index in [1.807, 2.05) is 36.4 Å². The fourth-order valence-electron chi connectivity index (χ4n) is 3.38. The van der Waals surface area contributed by atoms with Crippen molar-refractivity contribution in [3.05, 3.63) is 88.2 Å². The highest BCUT2D eigenvalue weighted by Gasteiger charge is 2.51. The van der Waals surface area contributed by atoms with Crippen LogP contribution in [0.1, 0.15) is 24.0 Å². The van der Waals surface area contributed by atoms with Crippen LogP contribution in [0.15, 0.2) is 77.1 Å². The molecule has 1 nitrogen and oxygen atoms in total. The van der Waals surface area contributed by atoms with Gasteiger partial charge in [-0.05, 0) is 36.3 Å². The molecule has 146 valence electrons. The van der Waals surface area contributed by atoms with E-state index in [9.17, 15) is 0 Å². The van der Waals surface area contributed by atoms with Crippen LogP contribution in [0.25, 0.3) is 5.57 Å². The Morgan fingerprint density at radius 1 is 1.00 bits per heavy atom. The lowest BCUT2D eigenvalue weighted by atomic mass is 9.86. The van der Waals surface area contributed by atoms with E-state index in [0.717, 1.165) is 18.4 Å². The van der Waals surface area contributed by atoms with Crippen molar-refractivity contribution in [3.63, 3.8) is 0 Å². The molecule has 0 saturated heterocycles. The van der Waals surface area contributed by atoms with Gasteiger partial charge in [0.15, 0.2) is 6.17 Å². The van der Waals surface area contributed by atoms with Crippen molar-refractivity contribution in [2.24, 2.45) is 5.92 Å². The number of hydrogen-bond donors (Lipinski definition) is 0. The van der Waals surface area contributed by atoms with Gasteiger partial charge in [0, 0.05) is 11.1 Å². The van der Waals surface area contributed by atoms with E-state index in [-0.39, 0.29) is 22.6 Å². The van der Waals surface area contributed by atoms with Gasteiger partial charge >= 0.3 is 0 Å². The summed E-state index contributed by atoms with van der Waals surface area (Å²) in [5.41, 5.74) is 1.40. The zero-order chi connectivity index (χ0) is 19.7. The molecule has 5 heteroatoms. The number of allylic oxidation sites excluding steroid dienone is 2. The van der Waals surface area contributed by atoms with Crippen molar-refractivity contribution in [1.82, 2.24) is 0 Å². The fraction of sp³-hybridized carbons (Fsp3) is 0.304. The molecule has 2 aromatic rings. The minimum atomic E-state index is -1.92. The number of alkyl halides is 2. The number of ether oxygens (including phenoxy) is 1. The summed E-state index contributed by atoms with van der Waals surface area (Å²) in [5.74, 6) is -0.306. The van der Waals surface area contributed by atoms with Gasteiger partial charge in [0.2, 0.25) is 5.06 Å². The first-order chi connectivity index (χ1) is 13.5. The number of halogens is 4. The minimum Gasteiger partial charge on any atom is -0.351 e. The molecule has 2 aliphatic carbocycles. The van der Waals surface area contributed by atoms with Crippen LogP contribution in [0, 0.1) is 5.92 Å². The molecule has 0 amide bonds. The van der Waals surface area contributed by atoms with Crippen molar-refractivity contribution >= 4 is 28.8 Å². The molecule has 0 aromatic heterocycles. The molecular weight excluding hydrogens is 401 g/mol. The fourth-order valence-corrected chi connectivity index (χ4v) is 4.01. The van der Waals surface area contributed by atoms with Gasteiger partial charge in [-0.15, -0.1) is 0 Å². The van der Waals surface area contributed by atoms with Crippen molar-refractivity contribution < 1.29 is 13.5 Å². The lowest BCUT2D eigenvalue weighted by Gasteiger charge is -2.37. The van der Waals surface area contributed by atoms with E-state index in [4.69, 9.17) is 27.9 Å². The summed E-state index contributed by atoms with van der Waals surface area (Å²) in [4.78, 5) is 0. The highest BCUT2D eigenvalue weighted by atomic mass is 35.5. The van der Waals surface area contributed by atoms with Crippen molar-refractivity contribution in [2.75, 3.05) is 6.61 Å². The van der Waals surface area contributed by atoms with E-state index in [1.165, 1.54) is 0 Å². The van der Waals surface area contributed by atoms with Gasteiger partial charge in [0.1, 0.15) is 5.83 Å². The third-order valence-corrected chi connectivity index (χ3v) is 6.23. The summed E-state index contributed by atoms with van der Waals surface area (Å²) in [5, 5.41) is -2.06. The Morgan fingerprint density at radius 2 is 1.61 bits per heavy atom. The lowest BCUT2D eigenvalue weighted by molar-refractivity contribution is -0.00208. The van der Waals surface area contributed by atoms with E-state index < -0.39 is 17.1 Å². The quantitative estimate of drug-likeness (QED) is 0.466. The second kappa shape index (κ2) is 7.98. The Morgan fingerprint density at radius 3 is 2.21 bits per heavy atom.